The van der Waals surface area contributed by atoms with Crippen molar-refractivity contribution in [1.29, 1.82) is 0 Å². The maximum Gasteiger partial charge on any atom is -0.00961 e. The summed E-state index contributed by atoms with van der Waals surface area (Å²) in [6, 6.07) is 10.6. The second-order valence-electron chi connectivity index (χ2n) is 4.32. The predicted molar refractivity (Wildman–Crippen MR) is 62.3 cm³/mol. The smallest absolute Gasteiger partial charge is 0.00961 e. The molecule has 0 saturated carbocycles. The van der Waals surface area contributed by atoms with Crippen molar-refractivity contribution in [3.8, 4) is 0 Å². The Morgan fingerprint density at radius 2 is 1.93 bits per heavy atom. The molecular weight excluding hydrogens is 168 g/mol. The molecule has 0 fully saturated rings. The van der Waals surface area contributed by atoms with Crippen molar-refractivity contribution >= 4 is 0 Å². The van der Waals surface area contributed by atoms with E-state index in [9.17, 15) is 0 Å². The molecule has 0 aliphatic carbocycles. The van der Waals surface area contributed by atoms with Crippen LogP contribution in [0.25, 0.3) is 0 Å². The molecule has 0 heterocycles. The molecule has 0 bridgehead atoms. The van der Waals surface area contributed by atoms with Crippen molar-refractivity contribution in [2.24, 2.45) is 5.41 Å². The lowest BCUT2D eigenvalue weighted by Crippen LogP contribution is -2.08. The predicted octanol–water partition coefficient (Wildman–Crippen LogP) is 3.99. The molecule has 0 aliphatic rings. The Kier molecular flexibility index (Phi) is 3.73. The van der Waals surface area contributed by atoms with E-state index in [1.54, 1.807) is 0 Å². The van der Waals surface area contributed by atoms with Crippen LogP contribution in [0.5, 0.6) is 0 Å². The van der Waals surface area contributed by atoms with Crippen LogP contribution in [-0.2, 0) is 6.42 Å². The second-order valence-corrected chi connectivity index (χ2v) is 4.32. The van der Waals surface area contributed by atoms with E-state index in [4.69, 9.17) is 0 Å². The molecule has 0 spiro atoms. The summed E-state index contributed by atoms with van der Waals surface area (Å²) in [5.41, 5.74) is 4.48. The summed E-state index contributed by atoms with van der Waals surface area (Å²) < 4.78 is 0. The van der Waals surface area contributed by atoms with E-state index in [2.05, 4.69) is 62.6 Å². The van der Waals surface area contributed by atoms with Gasteiger partial charge in [0.1, 0.15) is 0 Å². The molecule has 0 N–H and O–H groups in total. The van der Waals surface area contributed by atoms with Gasteiger partial charge in [0.25, 0.3) is 0 Å². The summed E-state index contributed by atoms with van der Waals surface area (Å²) in [7, 11) is 0. The molecule has 0 unspecified atom stereocenters. The van der Waals surface area contributed by atoms with E-state index in [1.807, 2.05) is 0 Å². The fraction of sp³-hybridized carbons (Fsp3) is 0.357. The molecule has 1 rings (SSSR count). The van der Waals surface area contributed by atoms with Crippen molar-refractivity contribution in [3.63, 3.8) is 0 Å². The first-order chi connectivity index (χ1) is 6.64. The zero-order valence-corrected chi connectivity index (χ0v) is 9.09. The summed E-state index contributed by atoms with van der Waals surface area (Å²) >= 11 is 0. The van der Waals surface area contributed by atoms with E-state index in [-0.39, 0.29) is 5.41 Å². The Morgan fingerprint density at radius 1 is 1.29 bits per heavy atom. The van der Waals surface area contributed by atoms with Crippen molar-refractivity contribution in [1.82, 2.24) is 0 Å². The summed E-state index contributed by atoms with van der Waals surface area (Å²) in [5.74, 6) is 0. The van der Waals surface area contributed by atoms with E-state index in [0.717, 1.165) is 12.8 Å². The lowest BCUT2D eigenvalue weighted by atomic mass is 9.86. The van der Waals surface area contributed by atoms with Gasteiger partial charge in [-0.2, -0.15) is 0 Å². The minimum Gasteiger partial charge on any atom is -0.133 e. The second kappa shape index (κ2) is 4.83. The summed E-state index contributed by atoms with van der Waals surface area (Å²) in [5, 5.41) is 0. The van der Waals surface area contributed by atoms with E-state index in [0.29, 0.717) is 0 Å². The van der Waals surface area contributed by atoms with Gasteiger partial charge in [0, 0.05) is 0 Å². The summed E-state index contributed by atoms with van der Waals surface area (Å²) in [4.78, 5) is 0. The van der Waals surface area contributed by atoms with Gasteiger partial charge < -0.3 is 0 Å². The topological polar surface area (TPSA) is 0 Å². The molecule has 0 saturated heterocycles. The third-order valence-corrected chi connectivity index (χ3v) is 2.39. The molecule has 0 aliphatic heterocycles. The van der Waals surface area contributed by atoms with Crippen LogP contribution < -0.4 is 0 Å². The van der Waals surface area contributed by atoms with Crippen LogP contribution in [0, 0.1) is 5.41 Å². The largest absolute Gasteiger partial charge is 0.133 e. The standard InChI is InChI=1S/C14H18/c1-4-11-14(2,3)12-10-13-8-6-5-7-9-13/h5-9,11H,1,10,12H2,2-3H3. The zero-order chi connectivity index (χ0) is 10.4. The van der Waals surface area contributed by atoms with Crippen molar-refractivity contribution in [3.05, 3.63) is 54.3 Å². The molecule has 1 aromatic carbocycles. The zero-order valence-electron chi connectivity index (χ0n) is 9.09. The Balaban J connectivity index is 2.53. The van der Waals surface area contributed by atoms with Gasteiger partial charge in [0.05, 0.1) is 0 Å². The quantitative estimate of drug-likeness (QED) is 0.624. The SMILES string of the molecule is C=C=CC(C)(C)CCc1ccccc1. The fourth-order valence-corrected chi connectivity index (χ4v) is 1.46. The number of hydrogen-bond donors (Lipinski definition) is 0. The third-order valence-electron chi connectivity index (χ3n) is 2.39. The number of benzene rings is 1. The molecule has 74 valence electrons. The molecule has 0 heteroatoms. The van der Waals surface area contributed by atoms with Gasteiger partial charge >= 0.3 is 0 Å². The first-order valence-corrected chi connectivity index (χ1v) is 5.05. The Bertz CT molecular complexity index is 313. The summed E-state index contributed by atoms with van der Waals surface area (Å²) in [6.45, 7) is 8.05. The molecular formula is C14H18. The number of aryl methyl sites for hydroxylation is 1. The highest BCUT2D eigenvalue weighted by Crippen LogP contribution is 2.23. The van der Waals surface area contributed by atoms with Gasteiger partial charge in [0.2, 0.25) is 0 Å². The molecule has 0 radical (unpaired) electrons. The van der Waals surface area contributed by atoms with Crippen molar-refractivity contribution in [2.75, 3.05) is 0 Å². The van der Waals surface area contributed by atoms with Crippen LogP contribution in [-0.4, -0.2) is 0 Å². The van der Waals surface area contributed by atoms with E-state index < -0.39 is 0 Å². The molecule has 0 amide bonds. The highest BCUT2D eigenvalue weighted by molar-refractivity contribution is 5.15. The van der Waals surface area contributed by atoms with Gasteiger partial charge in [-0.05, 0) is 29.9 Å². The maximum absolute atomic E-state index is 3.62. The monoisotopic (exact) mass is 186 g/mol. The number of allylic oxidation sites excluding steroid dienone is 1. The first kappa shape index (κ1) is 10.8. The number of hydrogen-bond acceptors (Lipinski definition) is 0. The van der Waals surface area contributed by atoms with Gasteiger partial charge in [-0.1, -0.05) is 50.8 Å². The Morgan fingerprint density at radius 3 is 2.50 bits per heavy atom. The fourth-order valence-electron chi connectivity index (χ4n) is 1.46. The normalized spacial score (nSPS) is 10.7. The summed E-state index contributed by atoms with van der Waals surface area (Å²) in [6.07, 6.45) is 4.31. The van der Waals surface area contributed by atoms with Crippen LogP contribution in [0.4, 0.5) is 0 Å². The highest BCUT2D eigenvalue weighted by atomic mass is 14.2. The highest BCUT2D eigenvalue weighted by Gasteiger charge is 2.12. The van der Waals surface area contributed by atoms with Crippen LogP contribution >= 0.6 is 0 Å². The van der Waals surface area contributed by atoms with E-state index in [1.165, 1.54) is 5.56 Å². The Hall–Kier alpha value is -1.26. The van der Waals surface area contributed by atoms with Crippen LogP contribution in [0.1, 0.15) is 25.8 Å². The number of rotatable bonds is 4. The lowest BCUT2D eigenvalue weighted by molar-refractivity contribution is 0.439. The van der Waals surface area contributed by atoms with Crippen molar-refractivity contribution in [2.45, 2.75) is 26.7 Å². The van der Waals surface area contributed by atoms with Crippen LogP contribution in [0.2, 0.25) is 0 Å². The molecule has 1 aromatic rings. The van der Waals surface area contributed by atoms with Crippen LogP contribution in [0.15, 0.2) is 48.7 Å². The maximum atomic E-state index is 3.62. The van der Waals surface area contributed by atoms with Gasteiger partial charge in [-0.25, -0.2) is 0 Å². The van der Waals surface area contributed by atoms with Gasteiger partial charge in [0.15, 0.2) is 0 Å². The lowest BCUT2D eigenvalue weighted by Gasteiger charge is -2.18. The molecule has 0 aromatic heterocycles. The molecule has 0 atom stereocenters. The first-order valence-electron chi connectivity index (χ1n) is 5.05. The average molecular weight is 186 g/mol. The van der Waals surface area contributed by atoms with E-state index >= 15 is 0 Å². The average Bonchev–Trinajstić information content (AvgIpc) is 2.17. The minimum atomic E-state index is 0.206. The minimum absolute atomic E-state index is 0.206. The van der Waals surface area contributed by atoms with Gasteiger partial charge in [-0.3, -0.25) is 0 Å². The van der Waals surface area contributed by atoms with Crippen LogP contribution in [0.3, 0.4) is 0 Å². The van der Waals surface area contributed by atoms with Gasteiger partial charge in [-0.15, -0.1) is 5.73 Å². The Labute approximate surface area is 87.0 Å². The third kappa shape index (κ3) is 3.64. The van der Waals surface area contributed by atoms with Crippen molar-refractivity contribution < 1.29 is 0 Å². The molecule has 0 nitrogen and oxygen atoms in total. The molecule has 14 heavy (non-hydrogen) atoms.